The van der Waals surface area contributed by atoms with Crippen LogP contribution in [0.3, 0.4) is 0 Å². The molecule has 1 aromatic carbocycles. The number of para-hydroxylation sites is 1. The topological polar surface area (TPSA) is 58.6 Å². The van der Waals surface area contributed by atoms with Crippen molar-refractivity contribution in [1.29, 1.82) is 0 Å². The molecule has 0 atom stereocenters. The Morgan fingerprint density at radius 2 is 2.05 bits per heavy atom. The van der Waals surface area contributed by atoms with Crippen molar-refractivity contribution in [3.8, 4) is 0 Å². The van der Waals surface area contributed by atoms with Gasteiger partial charge in [-0.05, 0) is 25.3 Å². The molecule has 1 aromatic rings. The Kier molecular flexibility index (Phi) is 4.42. The van der Waals surface area contributed by atoms with Gasteiger partial charge in [0.05, 0.1) is 17.8 Å². The van der Waals surface area contributed by atoms with Crippen LogP contribution in [0, 0.1) is 0 Å². The lowest BCUT2D eigenvalue weighted by Crippen LogP contribution is -2.13. The number of rotatable bonds is 4. The Labute approximate surface area is 123 Å². The molecule has 0 saturated carbocycles. The van der Waals surface area contributed by atoms with Gasteiger partial charge in [-0.3, -0.25) is 4.79 Å². The van der Waals surface area contributed by atoms with Crippen LogP contribution in [0.25, 0.3) is 5.57 Å². The third kappa shape index (κ3) is 3.13. The highest BCUT2D eigenvalue weighted by atomic mass is 16.5. The molecule has 0 saturated heterocycles. The van der Waals surface area contributed by atoms with E-state index in [2.05, 4.69) is 5.32 Å². The average Bonchev–Trinajstić information content (AvgIpc) is 2.76. The molecule has 1 aliphatic rings. The highest BCUT2D eigenvalue weighted by Gasteiger charge is 2.29. The molecule has 0 aromatic heterocycles. The number of fused-ring (bicyclic) bond motifs is 1. The summed E-state index contributed by atoms with van der Waals surface area (Å²) in [6, 6.07) is 7.28. The summed E-state index contributed by atoms with van der Waals surface area (Å²) in [5.41, 5.74) is 2.03. The van der Waals surface area contributed by atoms with Gasteiger partial charge in [-0.25, -0.2) is 4.79 Å². The zero-order valence-electron chi connectivity index (χ0n) is 12.3. The molecule has 5 heteroatoms. The van der Waals surface area contributed by atoms with Gasteiger partial charge in [0.25, 0.3) is 5.91 Å². The van der Waals surface area contributed by atoms with Crippen LogP contribution in [0.4, 0.5) is 5.69 Å². The minimum absolute atomic E-state index is 0.257. The summed E-state index contributed by atoms with van der Waals surface area (Å²) in [5.74, 6) is -0.792. The second-order valence-corrected chi connectivity index (χ2v) is 4.79. The number of carbonyl (C=O) groups is 2. The molecule has 0 unspecified atom stereocenters. The molecule has 0 aliphatic carbocycles. The van der Waals surface area contributed by atoms with E-state index in [4.69, 9.17) is 4.74 Å². The third-order valence-electron chi connectivity index (χ3n) is 2.98. The number of carbonyl (C=O) groups excluding carboxylic acids is 2. The lowest BCUT2D eigenvalue weighted by atomic mass is 10.0. The molecule has 21 heavy (non-hydrogen) atoms. The Hall–Kier alpha value is -2.56. The Balaban J connectivity index is 2.57. The first-order valence-corrected chi connectivity index (χ1v) is 6.71. The molecule has 1 heterocycles. The van der Waals surface area contributed by atoms with Gasteiger partial charge >= 0.3 is 5.97 Å². The Morgan fingerprint density at radius 1 is 1.33 bits per heavy atom. The Morgan fingerprint density at radius 3 is 2.71 bits per heavy atom. The predicted octanol–water partition coefficient (Wildman–Crippen LogP) is 2.03. The first-order valence-electron chi connectivity index (χ1n) is 6.71. The van der Waals surface area contributed by atoms with Crippen LogP contribution in [0.5, 0.6) is 0 Å². The maximum absolute atomic E-state index is 12.2. The standard InChI is InChI=1S/C16H18N2O3/c1-4-21-16(20)12(9-10-18(2)3)14-11-7-5-6-8-13(11)17-15(14)19/h5-10H,4H2,1-3H3,(H,17,19)/b10-9+,14-12+. The molecular formula is C16H18N2O3. The summed E-state index contributed by atoms with van der Waals surface area (Å²) in [6.07, 6.45) is 3.32. The van der Waals surface area contributed by atoms with Crippen LogP contribution in [0.2, 0.25) is 0 Å². The Bertz CT molecular complexity index is 630. The minimum Gasteiger partial charge on any atom is -0.462 e. The molecule has 2 rings (SSSR count). The van der Waals surface area contributed by atoms with E-state index in [9.17, 15) is 9.59 Å². The second kappa shape index (κ2) is 6.26. The molecule has 0 spiro atoms. The number of nitrogens with one attached hydrogen (secondary N) is 1. The third-order valence-corrected chi connectivity index (χ3v) is 2.98. The number of hydrogen-bond donors (Lipinski definition) is 1. The number of esters is 1. The second-order valence-electron chi connectivity index (χ2n) is 4.79. The number of ether oxygens (including phenoxy) is 1. The predicted molar refractivity (Wildman–Crippen MR) is 81.5 cm³/mol. The lowest BCUT2D eigenvalue weighted by molar-refractivity contribution is -0.138. The molecule has 0 bridgehead atoms. The van der Waals surface area contributed by atoms with Crippen molar-refractivity contribution in [2.45, 2.75) is 6.92 Å². The van der Waals surface area contributed by atoms with Gasteiger partial charge < -0.3 is 15.0 Å². The fraction of sp³-hybridized carbons (Fsp3) is 0.250. The van der Waals surface area contributed by atoms with Crippen molar-refractivity contribution in [2.24, 2.45) is 0 Å². The maximum Gasteiger partial charge on any atom is 0.339 e. The zero-order valence-corrected chi connectivity index (χ0v) is 12.3. The fourth-order valence-corrected chi connectivity index (χ4v) is 2.07. The highest BCUT2D eigenvalue weighted by Crippen LogP contribution is 2.34. The van der Waals surface area contributed by atoms with Crippen LogP contribution in [-0.2, 0) is 14.3 Å². The highest BCUT2D eigenvalue weighted by molar-refractivity contribution is 6.35. The number of nitrogens with zero attached hydrogens (tertiary/aromatic N) is 1. The van der Waals surface area contributed by atoms with Crippen LogP contribution in [0.15, 0.2) is 42.1 Å². The summed E-state index contributed by atoms with van der Waals surface area (Å²) in [7, 11) is 3.68. The summed E-state index contributed by atoms with van der Waals surface area (Å²) in [4.78, 5) is 26.2. The van der Waals surface area contributed by atoms with Gasteiger partial charge in [-0.15, -0.1) is 0 Å². The SMILES string of the molecule is CCOC(=O)C(/C=C/N(C)C)=C1/C(=O)Nc2ccccc21. The molecule has 1 aliphatic heterocycles. The van der Waals surface area contributed by atoms with E-state index in [0.29, 0.717) is 16.8 Å². The monoisotopic (exact) mass is 286 g/mol. The first-order chi connectivity index (χ1) is 10.0. The zero-order chi connectivity index (χ0) is 15.4. The van der Waals surface area contributed by atoms with Crippen molar-refractivity contribution in [1.82, 2.24) is 4.90 Å². The average molecular weight is 286 g/mol. The molecule has 110 valence electrons. The van der Waals surface area contributed by atoms with Gasteiger partial charge in [0.1, 0.15) is 0 Å². The van der Waals surface area contributed by atoms with Crippen LogP contribution < -0.4 is 5.32 Å². The number of amides is 1. The molecule has 1 N–H and O–H groups in total. The van der Waals surface area contributed by atoms with Crippen LogP contribution >= 0.6 is 0 Å². The van der Waals surface area contributed by atoms with Gasteiger partial charge in [0.15, 0.2) is 0 Å². The van der Waals surface area contributed by atoms with Crippen molar-refractivity contribution in [3.05, 3.63) is 47.7 Å². The summed E-state index contributed by atoms with van der Waals surface area (Å²) < 4.78 is 5.07. The summed E-state index contributed by atoms with van der Waals surface area (Å²) in [6.45, 7) is 1.99. The van der Waals surface area contributed by atoms with Gasteiger partial charge in [0.2, 0.25) is 0 Å². The van der Waals surface area contributed by atoms with Gasteiger partial charge in [0, 0.05) is 25.3 Å². The lowest BCUT2D eigenvalue weighted by Gasteiger charge is -2.08. The number of benzene rings is 1. The van der Waals surface area contributed by atoms with E-state index in [-0.39, 0.29) is 18.1 Å². The van der Waals surface area contributed by atoms with Crippen molar-refractivity contribution >= 4 is 23.1 Å². The van der Waals surface area contributed by atoms with E-state index in [0.717, 1.165) is 0 Å². The molecule has 5 nitrogen and oxygen atoms in total. The van der Waals surface area contributed by atoms with E-state index < -0.39 is 5.97 Å². The van der Waals surface area contributed by atoms with E-state index in [1.54, 1.807) is 30.2 Å². The summed E-state index contributed by atoms with van der Waals surface area (Å²) >= 11 is 0. The largest absolute Gasteiger partial charge is 0.462 e. The molecule has 0 radical (unpaired) electrons. The molecule has 1 amide bonds. The van der Waals surface area contributed by atoms with E-state index in [1.807, 2.05) is 32.3 Å². The van der Waals surface area contributed by atoms with Crippen molar-refractivity contribution < 1.29 is 14.3 Å². The normalized spacial score (nSPS) is 15.7. The van der Waals surface area contributed by atoms with Crippen LogP contribution in [-0.4, -0.2) is 37.5 Å². The van der Waals surface area contributed by atoms with Gasteiger partial charge in [-0.1, -0.05) is 18.2 Å². The van der Waals surface area contributed by atoms with Crippen molar-refractivity contribution in [3.63, 3.8) is 0 Å². The van der Waals surface area contributed by atoms with Crippen molar-refractivity contribution in [2.75, 3.05) is 26.0 Å². The quantitative estimate of drug-likeness (QED) is 0.679. The van der Waals surface area contributed by atoms with E-state index in [1.165, 1.54) is 0 Å². The van der Waals surface area contributed by atoms with E-state index >= 15 is 0 Å². The first kappa shape index (κ1) is 14.8. The smallest absolute Gasteiger partial charge is 0.339 e. The molecule has 0 fully saturated rings. The minimum atomic E-state index is -0.502. The number of hydrogen-bond acceptors (Lipinski definition) is 4. The maximum atomic E-state index is 12.2. The number of anilines is 1. The fourth-order valence-electron chi connectivity index (χ4n) is 2.07. The van der Waals surface area contributed by atoms with Gasteiger partial charge in [-0.2, -0.15) is 0 Å². The molecular weight excluding hydrogens is 268 g/mol. The summed E-state index contributed by atoms with van der Waals surface area (Å²) in [5, 5.41) is 2.76. The van der Waals surface area contributed by atoms with Crippen LogP contribution in [0.1, 0.15) is 12.5 Å².